The van der Waals surface area contributed by atoms with Crippen molar-refractivity contribution in [1.29, 1.82) is 5.26 Å². The first-order chi connectivity index (χ1) is 12.1. The SMILES string of the molecule is CCOCCOC(C)C(=O)Oc1ccc(-c2ccc(C#N)cc2)cc1. The average molecular weight is 339 g/mol. The van der Waals surface area contributed by atoms with Crippen LogP contribution in [0.3, 0.4) is 0 Å². The molecule has 0 saturated carbocycles. The minimum atomic E-state index is -0.654. The summed E-state index contributed by atoms with van der Waals surface area (Å²) in [5.74, 6) is 0.0188. The molecular weight excluding hydrogens is 318 g/mol. The Hall–Kier alpha value is -2.68. The van der Waals surface area contributed by atoms with Gasteiger partial charge in [0.2, 0.25) is 0 Å². The maximum atomic E-state index is 12.0. The number of benzene rings is 2. The maximum Gasteiger partial charge on any atom is 0.340 e. The largest absolute Gasteiger partial charge is 0.425 e. The zero-order chi connectivity index (χ0) is 18.1. The van der Waals surface area contributed by atoms with Gasteiger partial charge in [0.25, 0.3) is 0 Å². The van der Waals surface area contributed by atoms with Gasteiger partial charge < -0.3 is 14.2 Å². The van der Waals surface area contributed by atoms with Crippen LogP contribution in [-0.2, 0) is 14.3 Å². The van der Waals surface area contributed by atoms with E-state index in [4.69, 9.17) is 19.5 Å². The lowest BCUT2D eigenvalue weighted by Crippen LogP contribution is -2.27. The van der Waals surface area contributed by atoms with Crippen molar-refractivity contribution in [3.63, 3.8) is 0 Å². The molecule has 0 aliphatic heterocycles. The fraction of sp³-hybridized carbons (Fsp3) is 0.300. The highest BCUT2D eigenvalue weighted by molar-refractivity contribution is 5.77. The molecule has 0 radical (unpaired) electrons. The molecule has 1 atom stereocenters. The number of hydrogen-bond acceptors (Lipinski definition) is 5. The summed E-state index contributed by atoms with van der Waals surface area (Å²) >= 11 is 0. The highest BCUT2D eigenvalue weighted by Gasteiger charge is 2.15. The molecular formula is C20H21NO4. The first-order valence-corrected chi connectivity index (χ1v) is 8.15. The summed E-state index contributed by atoms with van der Waals surface area (Å²) in [5, 5.41) is 8.83. The van der Waals surface area contributed by atoms with Gasteiger partial charge in [-0.3, -0.25) is 0 Å². The van der Waals surface area contributed by atoms with E-state index < -0.39 is 12.1 Å². The van der Waals surface area contributed by atoms with Crippen molar-refractivity contribution < 1.29 is 19.0 Å². The summed E-state index contributed by atoms with van der Waals surface area (Å²) < 4.78 is 15.8. The first-order valence-electron chi connectivity index (χ1n) is 8.15. The second-order valence-corrected chi connectivity index (χ2v) is 5.34. The fourth-order valence-electron chi connectivity index (χ4n) is 2.15. The average Bonchev–Trinajstić information content (AvgIpc) is 2.65. The molecule has 130 valence electrons. The number of carbonyl (C=O) groups is 1. The number of hydrogen-bond donors (Lipinski definition) is 0. The fourth-order valence-corrected chi connectivity index (χ4v) is 2.15. The van der Waals surface area contributed by atoms with Crippen LogP contribution in [0.25, 0.3) is 11.1 Å². The van der Waals surface area contributed by atoms with Crippen molar-refractivity contribution in [3.8, 4) is 22.9 Å². The smallest absolute Gasteiger partial charge is 0.340 e. The van der Waals surface area contributed by atoms with Gasteiger partial charge in [0.1, 0.15) is 5.75 Å². The minimum absolute atomic E-state index is 0.349. The molecule has 2 rings (SSSR count). The van der Waals surface area contributed by atoms with Crippen LogP contribution in [0.4, 0.5) is 0 Å². The molecule has 0 bridgehead atoms. The Bertz CT molecular complexity index is 717. The molecule has 0 aliphatic carbocycles. The molecule has 25 heavy (non-hydrogen) atoms. The summed E-state index contributed by atoms with van der Waals surface area (Å²) in [4.78, 5) is 12.0. The molecule has 2 aromatic carbocycles. The van der Waals surface area contributed by atoms with Gasteiger partial charge in [-0.1, -0.05) is 24.3 Å². The van der Waals surface area contributed by atoms with Crippen LogP contribution >= 0.6 is 0 Å². The summed E-state index contributed by atoms with van der Waals surface area (Å²) in [6.45, 7) is 4.97. The Balaban J connectivity index is 1.91. The normalized spacial score (nSPS) is 11.6. The van der Waals surface area contributed by atoms with E-state index in [1.165, 1.54) is 0 Å². The lowest BCUT2D eigenvalue weighted by atomic mass is 10.0. The van der Waals surface area contributed by atoms with Crippen molar-refractivity contribution in [1.82, 2.24) is 0 Å². The van der Waals surface area contributed by atoms with Gasteiger partial charge in [-0.25, -0.2) is 4.79 Å². The molecule has 5 heteroatoms. The standard InChI is InChI=1S/C20H21NO4/c1-3-23-12-13-24-15(2)20(22)25-19-10-8-18(9-11-19)17-6-4-16(14-21)5-7-17/h4-11,15H,3,12-13H2,1-2H3. The number of esters is 1. The highest BCUT2D eigenvalue weighted by Crippen LogP contribution is 2.23. The van der Waals surface area contributed by atoms with Crippen LogP contribution in [0.5, 0.6) is 5.75 Å². The third-order valence-corrected chi connectivity index (χ3v) is 3.55. The predicted octanol–water partition coefficient (Wildman–Crippen LogP) is 3.57. The Morgan fingerprint density at radius 2 is 1.64 bits per heavy atom. The van der Waals surface area contributed by atoms with Crippen LogP contribution < -0.4 is 4.74 Å². The topological polar surface area (TPSA) is 68.6 Å². The van der Waals surface area contributed by atoms with Gasteiger partial charge in [0.05, 0.1) is 24.8 Å². The molecule has 0 heterocycles. The predicted molar refractivity (Wildman–Crippen MR) is 94.1 cm³/mol. The minimum Gasteiger partial charge on any atom is -0.425 e. The molecule has 0 N–H and O–H groups in total. The molecule has 0 amide bonds. The van der Waals surface area contributed by atoms with Crippen molar-refractivity contribution in [2.24, 2.45) is 0 Å². The first kappa shape index (κ1) is 18.7. The summed E-state index contributed by atoms with van der Waals surface area (Å²) in [6, 6.07) is 16.6. The van der Waals surface area contributed by atoms with E-state index in [0.29, 0.717) is 31.1 Å². The van der Waals surface area contributed by atoms with E-state index in [2.05, 4.69) is 6.07 Å². The maximum absolute atomic E-state index is 12.0. The molecule has 0 fully saturated rings. The monoisotopic (exact) mass is 339 g/mol. The lowest BCUT2D eigenvalue weighted by molar-refractivity contribution is -0.147. The zero-order valence-electron chi connectivity index (χ0n) is 14.4. The summed E-state index contributed by atoms with van der Waals surface area (Å²) in [7, 11) is 0. The van der Waals surface area contributed by atoms with Gasteiger partial charge >= 0.3 is 5.97 Å². The Morgan fingerprint density at radius 1 is 1.04 bits per heavy atom. The van der Waals surface area contributed by atoms with Crippen molar-refractivity contribution in [3.05, 3.63) is 54.1 Å². The van der Waals surface area contributed by atoms with Crippen molar-refractivity contribution in [2.75, 3.05) is 19.8 Å². The molecule has 0 aliphatic rings. The molecule has 2 aromatic rings. The number of rotatable bonds is 8. The van der Waals surface area contributed by atoms with Gasteiger partial charge in [-0.15, -0.1) is 0 Å². The second-order valence-electron chi connectivity index (χ2n) is 5.34. The summed E-state index contributed by atoms with van der Waals surface area (Å²) in [5.41, 5.74) is 2.59. The lowest BCUT2D eigenvalue weighted by Gasteiger charge is -2.12. The number of nitrogens with zero attached hydrogens (tertiary/aromatic N) is 1. The Morgan fingerprint density at radius 3 is 2.20 bits per heavy atom. The zero-order valence-corrected chi connectivity index (χ0v) is 14.4. The van der Waals surface area contributed by atoms with E-state index in [0.717, 1.165) is 11.1 Å². The molecule has 1 unspecified atom stereocenters. The van der Waals surface area contributed by atoms with Crippen molar-refractivity contribution >= 4 is 5.97 Å². The van der Waals surface area contributed by atoms with E-state index in [1.807, 2.05) is 31.2 Å². The number of nitriles is 1. The van der Waals surface area contributed by atoms with Crippen LogP contribution in [0.15, 0.2) is 48.5 Å². The van der Waals surface area contributed by atoms with Gasteiger partial charge in [-0.2, -0.15) is 5.26 Å². The van der Waals surface area contributed by atoms with E-state index in [1.54, 1.807) is 31.2 Å². The second kappa shape index (κ2) is 9.58. The van der Waals surface area contributed by atoms with E-state index >= 15 is 0 Å². The number of ether oxygens (including phenoxy) is 3. The van der Waals surface area contributed by atoms with Crippen LogP contribution in [0, 0.1) is 11.3 Å². The molecule has 5 nitrogen and oxygen atoms in total. The van der Waals surface area contributed by atoms with Crippen molar-refractivity contribution in [2.45, 2.75) is 20.0 Å². The third-order valence-electron chi connectivity index (χ3n) is 3.55. The van der Waals surface area contributed by atoms with Crippen LogP contribution in [0.2, 0.25) is 0 Å². The van der Waals surface area contributed by atoms with E-state index in [-0.39, 0.29) is 0 Å². The van der Waals surface area contributed by atoms with Gasteiger partial charge in [0, 0.05) is 6.61 Å². The Kier molecular flexibility index (Phi) is 7.15. The van der Waals surface area contributed by atoms with E-state index in [9.17, 15) is 4.79 Å². The van der Waals surface area contributed by atoms with Crippen LogP contribution in [0.1, 0.15) is 19.4 Å². The third kappa shape index (κ3) is 5.71. The highest BCUT2D eigenvalue weighted by atomic mass is 16.6. The molecule has 0 aromatic heterocycles. The number of carbonyl (C=O) groups excluding carboxylic acids is 1. The van der Waals surface area contributed by atoms with Crippen LogP contribution in [-0.4, -0.2) is 31.9 Å². The molecule has 0 saturated heterocycles. The summed E-state index contributed by atoms with van der Waals surface area (Å²) in [6.07, 6.45) is -0.654. The Labute approximate surface area is 147 Å². The van der Waals surface area contributed by atoms with Gasteiger partial charge in [-0.05, 0) is 49.2 Å². The quantitative estimate of drug-likeness (QED) is 0.418. The molecule has 0 spiro atoms. The van der Waals surface area contributed by atoms with Gasteiger partial charge in [0.15, 0.2) is 6.10 Å².